The molecule has 0 aromatic carbocycles. The van der Waals surface area contributed by atoms with Gasteiger partial charge in [-0.1, -0.05) is 177 Å². The van der Waals surface area contributed by atoms with Gasteiger partial charge in [-0.05, 0) is 52.8 Å². The Morgan fingerprint density at radius 1 is 0.514 bits per heavy atom. The highest BCUT2D eigenvalue weighted by atomic mass is 14.2. The first-order chi connectivity index (χ1) is 15.6. The molecule has 0 amide bonds. The molecule has 0 aromatic heterocycles. The highest BCUT2D eigenvalue weighted by molar-refractivity contribution is 4.69. The fourth-order valence-electron chi connectivity index (χ4n) is 3.26. The second-order valence-corrected chi connectivity index (χ2v) is 14.7. The largest absolute Gasteiger partial charge is 0.0654 e. The van der Waals surface area contributed by atoms with E-state index < -0.39 is 0 Å². The van der Waals surface area contributed by atoms with Crippen molar-refractivity contribution in [2.24, 2.45) is 46.3 Å². The Bertz CT molecular complexity index is 352. The molecule has 220 valence electrons. The van der Waals surface area contributed by atoms with Gasteiger partial charge in [0.1, 0.15) is 0 Å². The van der Waals surface area contributed by atoms with Crippen LogP contribution in [-0.4, -0.2) is 0 Å². The van der Waals surface area contributed by atoms with Crippen molar-refractivity contribution in [1.29, 1.82) is 0 Å². The first kappa shape index (κ1) is 45.0. The van der Waals surface area contributed by atoms with Gasteiger partial charge in [-0.2, -0.15) is 0 Å². The van der Waals surface area contributed by atoms with Crippen LogP contribution in [0.5, 0.6) is 0 Å². The topological polar surface area (TPSA) is 0 Å². The SMILES string of the molecule is CC(C)CC(C)(C)C.CCC(C)(C)C(C)C.CCC(C)C(C)C.CCCC(C)C.CCCC(C)C. The van der Waals surface area contributed by atoms with Gasteiger partial charge in [0.2, 0.25) is 0 Å². The van der Waals surface area contributed by atoms with E-state index in [-0.39, 0.29) is 0 Å². The fourth-order valence-corrected chi connectivity index (χ4v) is 3.26. The molecule has 0 aliphatic rings. The first-order valence-corrected chi connectivity index (χ1v) is 15.6. The van der Waals surface area contributed by atoms with Gasteiger partial charge in [-0.25, -0.2) is 0 Å². The van der Waals surface area contributed by atoms with E-state index in [0.29, 0.717) is 10.8 Å². The molecule has 0 aliphatic heterocycles. The molecule has 0 fully saturated rings. The van der Waals surface area contributed by atoms with Crippen molar-refractivity contribution in [3.05, 3.63) is 0 Å². The minimum atomic E-state index is 0.522. The van der Waals surface area contributed by atoms with Crippen molar-refractivity contribution in [1.82, 2.24) is 0 Å². The summed E-state index contributed by atoms with van der Waals surface area (Å²) >= 11 is 0. The molecule has 35 heavy (non-hydrogen) atoms. The minimum absolute atomic E-state index is 0.522. The summed E-state index contributed by atoms with van der Waals surface area (Å²) in [4.78, 5) is 0. The van der Waals surface area contributed by atoms with Crippen LogP contribution < -0.4 is 0 Å². The third-order valence-electron chi connectivity index (χ3n) is 7.01. The average molecular weight is 501 g/mol. The predicted octanol–water partition coefficient (Wildman–Crippen LogP) is 13.7. The lowest BCUT2D eigenvalue weighted by molar-refractivity contribution is 0.240. The zero-order valence-corrected chi connectivity index (χ0v) is 29.4. The maximum Gasteiger partial charge on any atom is -0.0334 e. The normalized spacial score (nSPS) is 12.3. The van der Waals surface area contributed by atoms with Crippen LogP contribution in [-0.2, 0) is 0 Å². The van der Waals surface area contributed by atoms with Crippen molar-refractivity contribution in [2.45, 2.75) is 183 Å². The lowest BCUT2D eigenvalue weighted by Gasteiger charge is -2.27. The molecule has 0 radical (unpaired) electrons. The third kappa shape index (κ3) is 51.5. The van der Waals surface area contributed by atoms with E-state index in [1.165, 1.54) is 44.9 Å². The van der Waals surface area contributed by atoms with E-state index in [1.54, 1.807) is 0 Å². The molecule has 0 heteroatoms. The van der Waals surface area contributed by atoms with E-state index in [2.05, 4.69) is 138 Å². The molecule has 1 atom stereocenters. The molecule has 0 spiro atoms. The Hall–Kier alpha value is 0. The van der Waals surface area contributed by atoms with Gasteiger partial charge in [-0.3, -0.25) is 0 Å². The van der Waals surface area contributed by atoms with Crippen LogP contribution in [0.25, 0.3) is 0 Å². The lowest BCUT2D eigenvalue weighted by atomic mass is 9.79. The third-order valence-corrected chi connectivity index (χ3v) is 7.01. The van der Waals surface area contributed by atoms with Gasteiger partial charge >= 0.3 is 0 Å². The zero-order chi connectivity index (χ0) is 29.4. The Kier molecular flexibility index (Phi) is 34.7. The summed E-state index contributed by atoms with van der Waals surface area (Å²) in [6.45, 7) is 45.4. The molecule has 0 saturated carbocycles. The van der Waals surface area contributed by atoms with Gasteiger partial charge in [0, 0.05) is 0 Å². The lowest BCUT2D eigenvalue weighted by Crippen LogP contribution is -2.17. The van der Waals surface area contributed by atoms with Crippen LogP contribution in [0.1, 0.15) is 183 Å². The summed E-state index contributed by atoms with van der Waals surface area (Å²) in [6.07, 6.45) is 9.34. The fraction of sp³-hybridized carbons (Fsp3) is 1.00. The molecule has 0 aromatic rings. The van der Waals surface area contributed by atoms with Gasteiger partial charge in [0.25, 0.3) is 0 Å². The minimum Gasteiger partial charge on any atom is -0.0654 e. The van der Waals surface area contributed by atoms with Crippen LogP contribution in [0.15, 0.2) is 0 Å². The molecule has 0 N–H and O–H groups in total. The molecule has 0 aliphatic carbocycles. The van der Waals surface area contributed by atoms with Crippen molar-refractivity contribution < 1.29 is 0 Å². The zero-order valence-electron chi connectivity index (χ0n) is 29.4. The summed E-state index contributed by atoms with van der Waals surface area (Å²) in [5.74, 6) is 5.22. The van der Waals surface area contributed by atoms with Crippen LogP contribution in [0, 0.1) is 46.3 Å². The van der Waals surface area contributed by atoms with Crippen molar-refractivity contribution in [3.8, 4) is 0 Å². The monoisotopic (exact) mass is 501 g/mol. The summed E-state index contributed by atoms with van der Waals surface area (Å²) in [6, 6.07) is 0. The highest BCUT2D eigenvalue weighted by Crippen LogP contribution is 2.29. The second kappa shape index (κ2) is 27.0. The van der Waals surface area contributed by atoms with Gasteiger partial charge in [0.05, 0.1) is 0 Å². The second-order valence-electron chi connectivity index (χ2n) is 14.7. The molecule has 1 unspecified atom stereocenters. The van der Waals surface area contributed by atoms with Crippen molar-refractivity contribution >= 4 is 0 Å². The molecule has 0 bridgehead atoms. The van der Waals surface area contributed by atoms with E-state index in [9.17, 15) is 0 Å². The summed E-state index contributed by atoms with van der Waals surface area (Å²) in [5, 5.41) is 0. The van der Waals surface area contributed by atoms with E-state index in [0.717, 1.165) is 35.5 Å². The smallest absolute Gasteiger partial charge is 0.0334 e. The molecule has 0 nitrogen and oxygen atoms in total. The van der Waals surface area contributed by atoms with Crippen LogP contribution in [0.3, 0.4) is 0 Å². The molecular weight excluding hydrogens is 420 g/mol. The molecular formula is C35H80. The summed E-state index contributed by atoms with van der Waals surface area (Å²) in [7, 11) is 0. The van der Waals surface area contributed by atoms with Gasteiger partial charge in [0.15, 0.2) is 0 Å². The maximum atomic E-state index is 2.32. The number of rotatable bonds is 9. The summed E-state index contributed by atoms with van der Waals surface area (Å²) in [5.41, 5.74) is 1.06. The van der Waals surface area contributed by atoms with Crippen molar-refractivity contribution in [2.75, 3.05) is 0 Å². The average Bonchev–Trinajstić information content (AvgIpc) is 2.66. The Morgan fingerprint density at radius 3 is 0.857 bits per heavy atom. The Labute approximate surface area is 229 Å². The standard InChI is InChI=1S/2C8H18.C7H16.2C6H14/c1-7(2)6-8(3,4)5;1-6-8(4,5)7(2)3;1-5-7(4)6(2)3;2*1-4-5-6(2)3/h2*7H,6H2,1-5H3;6-7H,5H2,1-4H3;2*6H,4-5H2,1-3H3. The molecule has 0 heterocycles. The predicted molar refractivity (Wildman–Crippen MR) is 172 cm³/mol. The van der Waals surface area contributed by atoms with Gasteiger partial charge < -0.3 is 0 Å². The first-order valence-electron chi connectivity index (χ1n) is 15.6. The Morgan fingerprint density at radius 2 is 0.857 bits per heavy atom. The molecule has 0 saturated heterocycles. The van der Waals surface area contributed by atoms with E-state index in [1.807, 2.05) is 0 Å². The van der Waals surface area contributed by atoms with Crippen LogP contribution >= 0.6 is 0 Å². The Balaban J connectivity index is -0.000000108. The summed E-state index contributed by atoms with van der Waals surface area (Å²) < 4.78 is 0. The highest BCUT2D eigenvalue weighted by Gasteiger charge is 2.18. The van der Waals surface area contributed by atoms with Crippen LogP contribution in [0.4, 0.5) is 0 Å². The number of hydrogen-bond acceptors (Lipinski definition) is 0. The van der Waals surface area contributed by atoms with Crippen molar-refractivity contribution in [3.63, 3.8) is 0 Å². The maximum absolute atomic E-state index is 2.32. The number of hydrogen-bond donors (Lipinski definition) is 0. The van der Waals surface area contributed by atoms with E-state index in [4.69, 9.17) is 0 Å². The van der Waals surface area contributed by atoms with Gasteiger partial charge in [-0.15, -0.1) is 0 Å². The quantitative estimate of drug-likeness (QED) is 0.295. The molecule has 0 rings (SSSR count). The van der Waals surface area contributed by atoms with Crippen LogP contribution in [0.2, 0.25) is 0 Å². The van der Waals surface area contributed by atoms with E-state index >= 15 is 0 Å².